The van der Waals surface area contributed by atoms with Gasteiger partial charge in [0.2, 0.25) is 5.91 Å². The van der Waals surface area contributed by atoms with Gasteiger partial charge in [-0.15, -0.1) is 0 Å². The summed E-state index contributed by atoms with van der Waals surface area (Å²) in [6, 6.07) is 7.78. The molecule has 0 spiro atoms. The molecule has 3 nitrogen and oxygen atoms in total. The minimum atomic E-state index is -0.398. The van der Waals surface area contributed by atoms with Crippen LogP contribution in [0.4, 0.5) is 0 Å². The van der Waals surface area contributed by atoms with Crippen LogP contribution >= 0.6 is 23.4 Å². The highest BCUT2D eigenvalue weighted by molar-refractivity contribution is 7.99. The molecule has 1 heterocycles. The third-order valence-electron chi connectivity index (χ3n) is 5.36. The van der Waals surface area contributed by atoms with Crippen molar-refractivity contribution < 1.29 is 9.53 Å². The lowest BCUT2D eigenvalue weighted by Gasteiger charge is -2.32. The van der Waals surface area contributed by atoms with Gasteiger partial charge in [-0.25, -0.2) is 0 Å². The van der Waals surface area contributed by atoms with Gasteiger partial charge in [0.05, 0.1) is 11.0 Å². The fourth-order valence-electron chi connectivity index (χ4n) is 3.77. The summed E-state index contributed by atoms with van der Waals surface area (Å²) in [6.07, 6.45) is 5.02. The smallest absolute Gasteiger partial charge is 0.230 e. The molecule has 1 N–H and O–H groups in total. The van der Waals surface area contributed by atoms with E-state index in [9.17, 15) is 4.79 Å². The van der Waals surface area contributed by atoms with Gasteiger partial charge < -0.3 is 10.1 Å². The Morgan fingerprint density at radius 2 is 1.96 bits per heavy atom. The highest BCUT2D eigenvalue weighted by atomic mass is 35.5. The summed E-state index contributed by atoms with van der Waals surface area (Å²) >= 11 is 7.90. The summed E-state index contributed by atoms with van der Waals surface area (Å²) in [5.41, 5.74) is 0.495. The van der Waals surface area contributed by atoms with E-state index in [4.69, 9.17) is 16.3 Å². The Morgan fingerprint density at radius 3 is 2.52 bits per heavy atom. The first-order valence-corrected chi connectivity index (χ1v) is 9.81. The molecule has 0 aromatic heterocycles. The van der Waals surface area contributed by atoms with Crippen molar-refractivity contribution in [2.75, 3.05) is 25.2 Å². The van der Waals surface area contributed by atoms with E-state index in [2.05, 4.69) is 5.32 Å². The molecule has 23 heavy (non-hydrogen) atoms. The normalized spacial score (nSPS) is 26.3. The number of nitrogens with one attached hydrogen (secondary N) is 1. The van der Waals surface area contributed by atoms with Crippen LogP contribution in [0.25, 0.3) is 0 Å². The molecule has 5 heteroatoms. The van der Waals surface area contributed by atoms with Crippen molar-refractivity contribution in [2.45, 2.75) is 43.1 Å². The number of hydrogen-bond acceptors (Lipinski definition) is 3. The van der Waals surface area contributed by atoms with Crippen LogP contribution in [-0.2, 0) is 14.9 Å². The Morgan fingerprint density at radius 1 is 1.26 bits per heavy atom. The van der Waals surface area contributed by atoms with Gasteiger partial charge in [-0.3, -0.25) is 4.79 Å². The Labute approximate surface area is 147 Å². The number of halogens is 1. The first-order chi connectivity index (χ1) is 11.1. The standard InChI is InChI=1S/C18H24ClNO2S/c1-22-17(10-11-23-13-17)12-20-16(21)18(8-2-3-9-18)14-4-6-15(19)7-5-14/h4-7H,2-3,8-13H2,1H3,(H,20,21)/t17-/m1/s1. The molecule has 2 fully saturated rings. The molecule has 1 aromatic carbocycles. The highest BCUT2D eigenvalue weighted by Crippen LogP contribution is 2.42. The largest absolute Gasteiger partial charge is 0.376 e. The lowest BCUT2D eigenvalue weighted by atomic mass is 9.78. The topological polar surface area (TPSA) is 38.3 Å². The number of ether oxygens (including phenoxy) is 1. The Hall–Kier alpha value is -0.710. The van der Waals surface area contributed by atoms with E-state index in [1.165, 1.54) is 0 Å². The van der Waals surface area contributed by atoms with Gasteiger partial charge in [0, 0.05) is 24.4 Å². The maximum absolute atomic E-state index is 13.1. The Balaban J connectivity index is 1.75. The van der Waals surface area contributed by atoms with Crippen molar-refractivity contribution in [1.82, 2.24) is 5.32 Å². The van der Waals surface area contributed by atoms with Crippen molar-refractivity contribution in [3.05, 3.63) is 34.9 Å². The van der Waals surface area contributed by atoms with Gasteiger partial charge >= 0.3 is 0 Å². The lowest BCUT2D eigenvalue weighted by Crippen LogP contribution is -2.50. The molecule has 1 amide bonds. The van der Waals surface area contributed by atoms with E-state index in [-0.39, 0.29) is 11.5 Å². The van der Waals surface area contributed by atoms with Gasteiger partial charge in [0.25, 0.3) is 0 Å². The van der Waals surface area contributed by atoms with Crippen LogP contribution in [0.5, 0.6) is 0 Å². The molecule has 126 valence electrons. The molecule has 0 bridgehead atoms. The fraction of sp³-hybridized carbons (Fsp3) is 0.611. The molecule has 1 saturated carbocycles. The van der Waals surface area contributed by atoms with Crippen LogP contribution in [-0.4, -0.2) is 36.7 Å². The molecule has 1 aliphatic carbocycles. The number of carbonyl (C=O) groups excluding carboxylic acids is 1. The van der Waals surface area contributed by atoms with E-state index in [0.29, 0.717) is 11.6 Å². The van der Waals surface area contributed by atoms with E-state index in [0.717, 1.165) is 49.2 Å². The second-order valence-corrected chi connectivity index (χ2v) is 8.21. The third kappa shape index (κ3) is 3.40. The minimum absolute atomic E-state index is 0.144. The van der Waals surface area contributed by atoms with Crippen molar-refractivity contribution in [1.29, 1.82) is 0 Å². The molecule has 1 saturated heterocycles. The number of methoxy groups -OCH3 is 1. The molecule has 1 aromatic rings. The Bertz CT molecular complexity index is 549. The second-order valence-electron chi connectivity index (χ2n) is 6.67. The van der Waals surface area contributed by atoms with Crippen molar-refractivity contribution in [3.8, 4) is 0 Å². The summed E-state index contributed by atoms with van der Waals surface area (Å²) < 4.78 is 5.71. The number of hydrogen-bond donors (Lipinski definition) is 1. The van der Waals surface area contributed by atoms with Crippen molar-refractivity contribution in [3.63, 3.8) is 0 Å². The Kier molecular flexibility index (Phi) is 5.24. The maximum atomic E-state index is 13.1. The molecule has 2 aliphatic rings. The van der Waals surface area contributed by atoms with Gasteiger partial charge in [-0.2, -0.15) is 11.8 Å². The molecule has 0 unspecified atom stereocenters. The number of amides is 1. The van der Waals surface area contributed by atoms with Crippen LogP contribution in [0, 0.1) is 0 Å². The van der Waals surface area contributed by atoms with Crippen molar-refractivity contribution in [2.24, 2.45) is 0 Å². The molecule has 1 atom stereocenters. The molecule has 0 radical (unpaired) electrons. The molecule has 3 rings (SSSR count). The fourth-order valence-corrected chi connectivity index (χ4v) is 5.29. The summed E-state index contributed by atoms with van der Waals surface area (Å²) in [6.45, 7) is 0.602. The molecular formula is C18H24ClNO2S. The monoisotopic (exact) mass is 353 g/mol. The van der Waals surface area contributed by atoms with Crippen LogP contribution in [0.2, 0.25) is 5.02 Å². The van der Waals surface area contributed by atoms with Crippen LogP contribution in [0.15, 0.2) is 24.3 Å². The molecular weight excluding hydrogens is 330 g/mol. The van der Waals surface area contributed by atoms with Gasteiger partial charge in [-0.05, 0) is 42.7 Å². The van der Waals surface area contributed by atoms with E-state index in [1.54, 1.807) is 7.11 Å². The first kappa shape index (κ1) is 17.1. The van der Waals surface area contributed by atoms with E-state index < -0.39 is 5.41 Å². The number of rotatable bonds is 5. The highest BCUT2D eigenvalue weighted by Gasteiger charge is 2.44. The summed E-state index contributed by atoms with van der Waals surface area (Å²) in [5, 5.41) is 3.91. The predicted molar refractivity (Wildman–Crippen MR) is 96.3 cm³/mol. The average Bonchev–Trinajstić information content (AvgIpc) is 3.24. The summed E-state index contributed by atoms with van der Waals surface area (Å²) in [7, 11) is 1.75. The van der Waals surface area contributed by atoms with E-state index >= 15 is 0 Å². The van der Waals surface area contributed by atoms with Crippen molar-refractivity contribution >= 4 is 29.3 Å². The van der Waals surface area contributed by atoms with Crippen LogP contribution in [0.3, 0.4) is 0 Å². The van der Waals surface area contributed by atoms with E-state index in [1.807, 2.05) is 36.0 Å². The zero-order chi connectivity index (χ0) is 16.3. The minimum Gasteiger partial charge on any atom is -0.376 e. The van der Waals surface area contributed by atoms with Gasteiger partial charge in [-0.1, -0.05) is 36.6 Å². The number of carbonyl (C=O) groups is 1. The molecule has 1 aliphatic heterocycles. The van der Waals surface area contributed by atoms with Gasteiger partial charge in [0.15, 0.2) is 0 Å². The zero-order valence-corrected chi connectivity index (χ0v) is 15.1. The number of thioether (sulfide) groups is 1. The zero-order valence-electron chi connectivity index (χ0n) is 13.6. The summed E-state index contributed by atoms with van der Waals surface area (Å²) in [4.78, 5) is 13.1. The summed E-state index contributed by atoms with van der Waals surface area (Å²) in [5.74, 6) is 2.20. The lowest BCUT2D eigenvalue weighted by molar-refractivity contribution is -0.128. The predicted octanol–water partition coefficient (Wildman–Crippen LogP) is 3.79. The third-order valence-corrected chi connectivity index (χ3v) is 6.83. The quantitative estimate of drug-likeness (QED) is 0.875. The first-order valence-electron chi connectivity index (χ1n) is 8.28. The van der Waals surface area contributed by atoms with Gasteiger partial charge in [0.1, 0.15) is 0 Å². The maximum Gasteiger partial charge on any atom is 0.230 e. The number of benzene rings is 1. The average molecular weight is 354 g/mol. The SMILES string of the molecule is CO[C@@]1(CNC(=O)C2(c3ccc(Cl)cc3)CCCC2)CCSC1. The van der Waals surface area contributed by atoms with Crippen LogP contribution < -0.4 is 5.32 Å². The van der Waals surface area contributed by atoms with Crippen LogP contribution in [0.1, 0.15) is 37.7 Å². The second kappa shape index (κ2) is 7.04.